The summed E-state index contributed by atoms with van der Waals surface area (Å²) in [6, 6.07) is 8.45. The van der Waals surface area contributed by atoms with Gasteiger partial charge in [0.25, 0.3) is 0 Å². The molecule has 0 radical (unpaired) electrons. The van der Waals surface area contributed by atoms with E-state index in [1.54, 1.807) is 0 Å². The number of rotatable bonds is 6. The summed E-state index contributed by atoms with van der Waals surface area (Å²) in [5.74, 6) is 1.85. The number of aliphatic hydroxyl groups is 1. The van der Waals surface area contributed by atoms with E-state index in [1.807, 2.05) is 19.1 Å². The van der Waals surface area contributed by atoms with Gasteiger partial charge in [-0.3, -0.25) is 4.79 Å². The summed E-state index contributed by atoms with van der Waals surface area (Å²) in [5.41, 5.74) is 1.36. The Labute approximate surface area is 167 Å². The van der Waals surface area contributed by atoms with E-state index >= 15 is 0 Å². The third kappa shape index (κ3) is 3.03. The first-order valence-electron chi connectivity index (χ1n) is 10.7. The molecule has 5 nitrogen and oxygen atoms in total. The van der Waals surface area contributed by atoms with Crippen LogP contribution in [-0.2, 0) is 9.53 Å². The Morgan fingerprint density at radius 3 is 2.75 bits per heavy atom. The molecule has 1 amide bonds. The summed E-state index contributed by atoms with van der Waals surface area (Å²) in [6.45, 7) is 7.88. The minimum atomic E-state index is -0.100. The fourth-order valence-corrected chi connectivity index (χ4v) is 6.37. The lowest BCUT2D eigenvalue weighted by Crippen LogP contribution is -2.59. The van der Waals surface area contributed by atoms with E-state index in [4.69, 9.17) is 14.6 Å². The van der Waals surface area contributed by atoms with Gasteiger partial charge in [-0.05, 0) is 66.5 Å². The highest BCUT2D eigenvalue weighted by Crippen LogP contribution is 2.70. The van der Waals surface area contributed by atoms with Crippen LogP contribution in [-0.4, -0.2) is 36.9 Å². The second-order valence-electron chi connectivity index (χ2n) is 9.32. The lowest BCUT2D eigenvalue weighted by atomic mass is 9.59. The minimum absolute atomic E-state index is 0.0367. The molecule has 2 bridgehead atoms. The van der Waals surface area contributed by atoms with Crippen LogP contribution >= 0.6 is 0 Å². The molecule has 2 saturated carbocycles. The van der Waals surface area contributed by atoms with E-state index in [0.29, 0.717) is 18.4 Å². The molecule has 4 rings (SSSR count). The van der Waals surface area contributed by atoms with Crippen LogP contribution in [0.15, 0.2) is 24.3 Å². The van der Waals surface area contributed by atoms with Crippen molar-refractivity contribution in [3.05, 3.63) is 29.8 Å². The maximum atomic E-state index is 12.4. The minimum Gasteiger partial charge on any atom is -0.494 e. The van der Waals surface area contributed by atoms with Crippen molar-refractivity contribution in [2.45, 2.75) is 58.6 Å². The van der Waals surface area contributed by atoms with Crippen LogP contribution in [0.1, 0.15) is 58.1 Å². The maximum absolute atomic E-state index is 12.4. The number of benzene rings is 1. The van der Waals surface area contributed by atoms with Gasteiger partial charge in [0.05, 0.1) is 19.3 Å². The van der Waals surface area contributed by atoms with Gasteiger partial charge in [-0.15, -0.1) is 0 Å². The molecule has 0 aromatic heterocycles. The standard InChI is InChI=1S/C23H33NO4/c1-4-27-17-7-5-15(6-8-17)20-18-13-16-14-23(18,10-12-28-20)21(22(16,2)3)24-19(26)9-11-25/h5-8,16,18,20-21,25H,4,9-14H2,1-3H3,(H,24,26)/t16-,18-,20-,21+,23?/m1/s1. The predicted octanol–water partition coefficient (Wildman–Crippen LogP) is 3.47. The summed E-state index contributed by atoms with van der Waals surface area (Å²) >= 11 is 0. The van der Waals surface area contributed by atoms with Gasteiger partial charge >= 0.3 is 0 Å². The Kier molecular flexibility index (Phi) is 5.17. The Hall–Kier alpha value is -1.59. The molecule has 1 aliphatic heterocycles. The average Bonchev–Trinajstić information content (AvgIpc) is 3.16. The lowest BCUT2D eigenvalue weighted by Gasteiger charge is -2.53. The van der Waals surface area contributed by atoms with Gasteiger partial charge in [0, 0.05) is 19.1 Å². The summed E-state index contributed by atoms with van der Waals surface area (Å²) in [4.78, 5) is 12.4. The number of carbonyl (C=O) groups is 1. The summed E-state index contributed by atoms with van der Waals surface area (Å²) < 4.78 is 11.9. The van der Waals surface area contributed by atoms with Gasteiger partial charge in [-0.2, -0.15) is 0 Å². The van der Waals surface area contributed by atoms with E-state index in [9.17, 15) is 4.79 Å². The fourth-order valence-electron chi connectivity index (χ4n) is 6.37. The SMILES string of the molecule is CCOc1ccc([C@H]2OCCC34C[C@@H](C[C@H]23)C(C)(C)[C@@H]4NC(=O)CCO)cc1. The zero-order valence-electron chi connectivity index (χ0n) is 17.2. The molecule has 1 unspecified atom stereocenters. The third-order valence-corrected chi connectivity index (χ3v) is 7.67. The van der Waals surface area contributed by atoms with Crippen molar-refractivity contribution in [3.8, 4) is 5.75 Å². The summed E-state index contributed by atoms with van der Waals surface area (Å²) in [5, 5.41) is 12.5. The number of aliphatic hydroxyl groups excluding tert-OH is 1. The molecular weight excluding hydrogens is 354 g/mol. The van der Waals surface area contributed by atoms with Crippen LogP contribution < -0.4 is 10.1 Å². The Bertz CT molecular complexity index is 716. The predicted molar refractivity (Wildman–Crippen MR) is 107 cm³/mol. The number of fused-ring (bicyclic) bond motifs is 1. The molecule has 1 heterocycles. The Morgan fingerprint density at radius 1 is 1.32 bits per heavy atom. The fraction of sp³-hybridized carbons (Fsp3) is 0.696. The van der Waals surface area contributed by atoms with E-state index in [0.717, 1.165) is 31.6 Å². The molecule has 2 N–H and O–H groups in total. The normalized spacial score (nSPS) is 35.4. The Morgan fingerprint density at radius 2 is 2.07 bits per heavy atom. The van der Waals surface area contributed by atoms with Crippen molar-refractivity contribution in [2.75, 3.05) is 19.8 Å². The molecule has 28 heavy (non-hydrogen) atoms. The first-order chi connectivity index (χ1) is 13.4. The lowest BCUT2D eigenvalue weighted by molar-refractivity contribution is -0.137. The molecule has 1 aromatic rings. The van der Waals surface area contributed by atoms with E-state index in [-0.39, 0.29) is 41.9 Å². The molecule has 2 aliphatic carbocycles. The number of nitrogens with one attached hydrogen (secondary N) is 1. The van der Waals surface area contributed by atoms with Gasteiger partial charge in [-0.25, -0.2) is 0 Å². The Balaban J connectivity index is 1.61. The molecule has 1 saturated heterocycles. The quantitative estimate of drug-likeness (QED) is 0.784. The number of ether oxygens (including phenoxy) is 2. The van der Waals surface area contributed by atoms with Gasteiger partial charge in [0.15, 0.2) is 0 Å². The topological polar surface area (TPSA) is 67.8 Å². The molecule has 3 aliphatic rings. The molecule has 1 spiro atoms. The van der Waals surface area contributed by atoms with Crippen LogP contribution in [0.2, 0.25) is 0 Å². The summed E-state index contributed by atoms with van der Waals surface area (Å²) in [6.07, 6.45) is 3.55. The maximum Gasteiger partial charge on any atom is 0.222 e. The van der Waals surface area contributed by atoms with Crippen LogP contribution in [0.5, 0.6) is 5.75 Å². The third-order valence-electron chi connectivity index (χ3n) is 7.67. The number of carbonyl (C=O) groups excluding carboxylic acids is 1. The molecule has 5 atom stereocenters. The van der Waals surface area contributed by atoms with Crippen LogP contribution in [0.3, 0.4) is 0 Å². The first-order valence-corrected chi connectivity index (χ1v) is 10.7. The molecule has 5 heteroatoms. The molecule has 154 valence electrons. The van der Waals surface area contributed by atoms with Gasteiger partial charge in [0.1, 0.15) is 5.75 Å². The molecule has 1 aromatic carbocycles. The van der Waals surface area contributed by atoms with Crippen LogP contribution in [0.4, 0.5) is 0 Å². The van der Waals surface area contributed by atoms with Crippen molar-refractivity contribution in [1.29, 1.82) is 0 Å². The second-order valence-corrected chi connectivity index (χ2v) is 9.32. The van der Waals surface area contributed by atoms with Gasteiger partial charge < -0.3 is 19.9 Å². The zero-order chi connectivity index (χ0) is 19.9. The van der Waals surface area contributed by atoms with Crippen molar-refractivity contribution < 1.29 is 19.4 Å². The highest BCUT2D eigenvalue weighted by atomic mass is 16.5. The smallest absolute Gasteiger partial charge is 0.222 e. The van der Waals surface area contributed by atoms with E-state index in [2.05, 4.69) is 31.3 Å². The largest absolute Gasteiger partial charge is 0.494 e. The van der Waals surface area contributed by atoms with Gasteiger partial charge in [0.2, 0.25) is 5.91 Å². The first kappa shape index (κ1) is 19.7. The second kappa shape index (κ2) is 7.34. The number of hydrogen-bond donors (Lipinski definition) is 2. The number of amides is 1. The van der Waals surface area contributed by atoms with E-state index in [1.165, 1.54) is 5.56 Å². The molecule has 3 fully saturated rings. The van der Waals surface area contributed by atoms with Gasteiger partial charge in [-0.1, -0.05) is 26.0 Å². The van der Waals surface area contributed by atoms with E-state index < -0.39 is 0 Å². The van der Waals surface area contributed by atoms with Crippen molar-refractivity contribution in [1.82, 2.24) is 5.32 Å². The van der Waals surface area contributed by atoms with Crippen molar-refractivity contribution in [3.63, 3.8) is 0 Å². The van der Waals surface area contributed by atoms with Crippen LogP contribution in [0.25, 0.3) is 0 Å². The highest BCUT2D eigenvalue weighted by molar-refractivity contribution is 5.76. The highest BCUT2D eigenvalue weighted by Gasteiger charge is 2.68. The average molecular weight is 388 g/mol. The zero-order valence-corrected chi connectivity index (χ0v) is 17.2. The molecular formula is C23H33NO4. The monoisotopic (exact) mass is 387 g/mol. The van der Waals surface area contributed by atoms with Crippen LogP contribution in [0, 0.1) is 22.7 Å². The van der Waals surface area contributed by atoms with Crippen molar-refractivity contribution in [2.24, 2.45) is 22.7 Å². The number of hydrogen-bond acceptors (Lipinski definition) is 4. The van der Waals surface area contributed by atoms with Crippen molar-refractivity contribution >= 4 is 5.91 Å². The summed E-state index contributed by atoms with van der Waals surface area (Å²) in [7, 11) is 0.